The molecule has 0 fully saturated rings. The van der Waals surface area contributed by atoms with E-state index in [2.05, 4.69) is 51.3 Å². The van der Waals surface area contributed by atoms with Gasteiger partial charge in [-0.2, -0.15) is 0 Å². The molecule has 0 N–H and O–H groups in total. The summed E-state index contributed by atoms with van der Waals surface area (Å²) >= 11 is 0. The molecule has 0 aliphatic rings. The second-order valence-corrected chi connectivity index (χ2v) is 3.91. The molecule has 0 atom stereocenters. The molecular formula is C16H26O. The summed E-state index contributed by atoms with van der Waals surface area (Å²) in [5.41, 5.74) is 1.37. The lowest BCUT2D eigenvalue weighted by molar-refractivity contribution is 0.305. The second kappa shape index (κ2) is 11.3. The third-order valence-corrected chi connectivity index (χ3v) is 2.60. The summed E-state index contributed by atoms with van der Waals surface area (Å²) < 4.78 is 5.65. The molecular weight excluding hydrogens is 208 g/mol. The van der Waals surface area contributed by atoms with E-state index in [1.54, 1.807) is 0 Å². The summed E-state index contributed by atoms with van der Waals surface area (Å²) in [5.74, 6) is 1.00. The minimum atomic E-state index is 0.853. The SMILES string of the molecule is C=C.CCCCCCOc1ccc(CC)cc1. The van der Waals surface area contributed by atoms with Crippen LogP contribution in [0.2, 0.25) is 0 Å². The van der Waals surface area contributed by atoms with Crippen LogP contribution in [0.5, 0.6) is 5.75 Å². The number of hydrogen-bond acceptors (Lipinski definition) is 1. The van der Waals surface area contributed by atoms with Gasteiger partial charge in [-0.15, -0.1) is 13.2 Å². The summed E-state index contributed by atoms with van der Waals surface area (Å²) in [4.78, 5) is 0. The third-order valence-electron chi connectivity index (χ3n) is 2.60. The molecule has 0 heterocycles. The van der Waals surface area contributed by atoms with Crippen molar-refractivity contribution in [3.8, 4) is 5.75 Å². The Balaban J connectivity index is 0.00000121. The van der Waals surface area contributed by atoms with E-state index in [0.29, 0.717) is 0 Å². The molecule has 0 aliphatic carbocycles. The fourth-order valence-corrected chi connectivity index (χ4v) is 1.54. The van der Waals surface area contributed by atoms with Gasteiger partial charge in [-0.1, -0.05) is 45.2 Å². The number of benzene rings is 1. The van der Waals surface area contributed by atoms with Crippen LogP contribution in [0.25, 0.3) is 0 Å². The Labute approximate surface area is 107 Å². The molecule has 0 aromatic heterocycles. The van der Waals surface area contributed by atoms with Crippen LogP contribution >= 0.6 is 0 Å². The van der Waals surface area contributed by atoms with Gasteiger partial charge < -0.3 is 4.74 Å². The highest BCUT2D eigenvalue weighted by molar-refractivity contribution is 5.27. The van der Waals surface area contributed by atoms with Crippen LogP contribution in [-0.4, -0.2) is 6.61 Å². The van der Waals surface area contributed by atoms with Crippen molar-refractivity contribution in [2.75, 3.05) is 6.61 Å². The van der Waals surface area contributed by atoms with E-state index in [1.165, 1.54) is 31.2 Å². The van der Waals surface area contributed by atoms with Crippen LogP contribution in [0.4, 0.5) is 0 Å². The van der Waals surface area contributed by atoms with Gasteiger partial charge in [-0.05, 0) is 30.5 Å². The first-order valence-electron chi connectivity index (χ1n) is 6.58. The van der Waals surface area contributed by atoms with Crippen LogP contribution in [0.15, 0.2) is 37.4 Å². The molecule has 1 nitrogen and oxygen atoms in total. The molecule has 0 saturated carbocycles. The molecule has 1 aromatic rings. The Kier molecular flexibility index (Phi) is 10.4. The number of rotatable bonds is 7. The zero-order chi connectivity index (χ0) is 12.9. The fourth-order valence-electron chi connectivity index (χ4n) is 1.54. The zero-order valence-electron chi connectivity index (χ0n) is 11.4. The van der Waals surface area contributed by atoms with Gasteiger partial charge in [0.1, 0.15) is 5.75 Å². The van der Waals surface area contributed by atoms with Gasteiger partial charge in [0.2, 0.25) is 0 Å². The van der Waals surface area contributed by atoms with E-state index in [9.17, 15) is 0 Å². The first-order chi connectivity index (χ1) is 8.36. The Morgan fingerprint density at radius 2 is 1.59 bits per heavy atom. The molecule has 0 unspecified atom stereocenters. The summed E-state index contributed by atoms with van der Waals surface area (Å²) in [6.07, 6.45) is 6.15. The lowest BCUT2D eigenvalue weighted by Gasteiger charge is -2.06. The molecule has 1 aromatic carbocycles. The first-order valence-corrected chi connectivity index (χ1v) is 6.58. The maximum absolute atomic E-state index is 5.65. The summed E-state index contributed by atoms with van der Waals surface area (Å²) in [7, 11) is 0. The normalized spacial score (nSPS) is 9.29. The Bertz CT molecular complexity index is 263. The largest absolute Gasteiger partial charge is 0.494 e. The van der Waals surface area contributed by atoms with E-state index >= 15 is 0 Å². The lowest BCUT2D eigenvalue weighted by Crippen LogP contribution is -1.97. The predicted octanol–water partition coefficient (Wildman–Crippen LogP) is 5.01. The van der Waals surface area contributed by atoms with Gasteiger partial charge in [-0.25, -0.2) is 0 Å². The highest BCUT2D eigenvalue weighted by atomic mass is 16.5. The molecule has 0 radical (unpaired) electrons. The van der Waals surface area contributed by atoms with Gasteiger partial charge in [0.25, 0.3) is 0 Å². The highest BCUT2D eigenvalue weighted by Crippen LogP contribution is 2.13. The number of aryl methyl sites for hydroxylation is 1. The van der Waals surface area contributed by atoms with Crippen LogP contribution in [0.1, 0.15) is 45.1 Å². The van der Waals surface area contributed by atoms with E-state index in [1.807, 2.05) is 0 Å². The Morgan fingerprint density at radius 3 is 2.12 bits per heavy atom. The number of ether oxygens (including phenoxy) is 1. The lowest BCUT2D eigenvalue weighted by atomic mass is 10.2. The third kappa shape index (κ3) is 7.62. The van der Waals surface area contributed by atoms with E-state index < -0.39 is 0 Å². The van der Waals surface area contributed by atoms with E-state index in [-0.39, 0.29) is 0 Å². The molecule has 17 heavy (non-hydrogen) atoms. The van der Waals surface area contributed by atoms with Gasteiger partial charge in [-0.3, -0.25) is 0 Å². The average Bonchev–Trinajstić information content (AvgIpc) is 2.41. The molecule has 0 bridgehead atoms. The topological polar surface area (TPSA) is 9.23 Å². The molecule has 0 saturated heterocycles. The molecule has 0 amide bonds. The number of unbranched alkanes of at least 4 members (excludes halogenated alkanes) is 3. The average molecular weight is 234 g/mol. The van der Waals surface area contributed by atoms with Gasteiger partial charge in [0.15, 0.2) is 0 Å². The highest BCUT2D eigenvalue weighted by Gasteiger charge is 1.94. The van der Waals surface area contributed by atoms with Crippen LogP contribution in [0.3, 0.4) is 0 Å². The fraction of sp³-hybridized carbons (Fsp3) is 0.500. The summed E-state index contributed by atoms with van der Waals surface area (Å²) in [5, 5.41) is 0. The van der Waals surface area contributed by atoms with Gasteiger partial charge in [0.05, 0.1) is 6.61 Å². The van der Waals surface area contributed by atoms with Crippen LogP contribution < -0.4 is 4.74 Å². The van der Waals surface area contributed by atoms with E-state index in [4.69, 9.17) is 4.74 Å². The minimum absolute atomic E-state index is 0.853. The van der Waals surface area contributed by atoms with Crippen LogP contribution in [0, 0.1) is 0 Å². The quantitative estimate of drug-likeness (QED) is 0.476. The van der Waals surface area contributed by atoms with Crippen molar-refractivity contribution in [3.05, 3.63) is 43.0 Å². The van der Waals surface area contributed by atoms with Crippen molar-refractivity contribution in [3.63, 3.8) is 0 Å². The summed E-state index contributed by atoms with van der Waals surface area (Å²) in [6, 6.07) is 8.42. The molecule has 1 heteroatoms. The molecule has 0 aliphatic heterocycles. The maximum atomic E-state index is 5.65. The van der Waals surface area contributed by atoms with Crippen molar-refractivity contribution < 1.29 is 4.74 Å². The Morgan fingerprint density at radius 1 is 0.941 bits per heavy atom. The van der Waals surface area contributed by atoms with Crippen molar-refractivity contribution >= 4 is 0 Å². The minimum Gasteiger partial charge on any atom is -0.494 e. The molecule has 0 spiro atoms. The second-order valence-electron chi connectivity index (χ2n) is 3.91. The standard InChI is InChI=1S/C14H22O.C2H4/c1-3-5-6-7-12-15-14-10-8-13(4-2)9-11-14;1-2/h8-11H,3-7,12H2,1-2H3;1-2H2. The smallest absolute Gasteiger partial charge is 0.119 e. The maximum Gasteiger partial charge on any atom is 0.119 e. The van der Waals surface area contributed by atoms with Crippen molar-refractivity contribution in [1.29, 1.82) is 0 Å². The molecule has 1 rings (SSSR count). The monoisotopic (exact) mass is 234 g/mol. The summed E-state index contributed by atoms with van der Waals surface area (Å²) in [6.45, 7) is 11.2. The van der Waals surface area contributed by atoms with Gasteiger partial charge >= 0.3 is 0 Å². The Hall–Kier alpha value is -1.24. The predicted molar refractivity (Wildman–Crippen MR) is 76.7 cm³/mol. The number of hydrogen-bond donors (Lipinski definition) is 0. The molecule has 96 valence electrons. The van der Waals surface area contributed by atoms with Crippen molar-refractivity contribution in [1.82, 2.24) is 0 Å². The van der Waals surface area contributed by atoms with Gasteiger partial charge in [0, 0.05) is 0 Å². The van der Waals surface area contributed by atoms with Crippen molar-refractivity contribution in [2.45, 2.75) is 46.0 Å². The van der Waals surface area contributed by atoms with Crippen LogP contribution in [-0.2, 0) is 6.42 Å². The first kappa shape index (κ1) is 15.8. The van der Waals surface area contributed by atoms with E-state index in [0.717, 1.165) is 18.8 Å². The van der Waals surface area contributed by atoms with Crippen molar-refractivity contribution in [2.24, 2.45) is 0 Å². The zero-order valence-corrected chi connectivity index (χ0v) is 11.4.